The largest absolute Gasteiger partial charge is 0.492 e. The van der Waals surface area contributed by atoms with E-state index in [2.05, 4.69) is 0 Å². The lowest BCUT2D eigenvalue weighted by molar-refractivity contribution is -0.140. The molecule has 2 atom stereocenters. The fourth-order valence-corrected chi connectivity index (χ4v) is 4.16. The molecule has 2 aromatic rings. The van der Waals surface area contributed by atoms with E-state index in [4.69, 9.17) is 4.74 Å². The highest BCUT2D eigenvalue weighted by Gasteiger charge is 2.51. The van der Waals surface area contributed by atoms with Gasteiger partial charge in [-0.1, -0.05) is 37.3 Å². The first-order chi connectivity index (χ1) is 11.8. The predicted molar refractivity (Wildman–Crippen MR) is 94.9 cm³/mol. The van der Waals surface area contributed by atoms with Crippen molar-refractivity contribution in [2.75, 3.05) is 6.61 Å². The molecule has 0 bridgehead atoms. The number of ketones is 2. The van der Waals surface area contributed by atoms with Gasteiger partial charge >= 0.3 is 0 Å². The maximum Gasteiger partial charge on any atom is 0.199 e. The van der Waals surface area contributed by atoms with E-state index in [0.29, 0.717) is 23.5 Å². The van der Waals surface area contributed by atoms with Crippen LogP contribution >= 0.6 is 0 Å². The van der Waals surface area contributed by atoms with Gasteiger partial charge in [0.25, 0.3) is 0 Å². The summed E-state index contributed by atoms with van der Waals surface area (Å²) in [5.41, 5.74) is 0.944. The lowest BCUT2D eigenvalue weighted by Gasteiger charge is -2.34. The fourth-order valence-electron chi connectivity index (χ4n) is 4.16. The molecule has 4 nitrogen and oxygen atoms in total. The summed E-state index contributed by atoms with van der Waals surface area (Å²) in [6.45, 7) is 5.71. The van der Waals surface area contributed by atoms with Gasteiger partial charge in [-0.2, -0.15) is 0 Å². The van der Waals surface area contributed by atoms with Crippen LogP contribution < -0.4 is 0 Å². The van der Waals surface area contributed by atoms with Crippen LogP contribution in [0, 0.1) is 12.8 Å². The van der Waals surface area contributed by atoms with Crippen molar-refractivity contribution in [1.82, 2.24) is 0 Å². The molecule has 25 heavy (non-hydrogen) atoms. The van der Waals surface area contributed by atoms with Gasteiger partial charge in [0.2, 0.25) is 0 Å². The zero-order valence-electron chi connectivity index (χ0n) is 14.6. The highest BCUT2D eigenvalue weighted by atomic mass is 16.5. The van der Waals surface area contributed by atoms with Crippen LogP contribution in [0.1, 0.15) is 37.0 Å². The van der Waals surface area contributed by atoms with Crippen molar-refractivity contribution in [1.29, 1.82) is 0 Å². The minimum Gasteiger partial charge on any atom is -0.492 e. The Morgan fingerprint density at radius 2 is 2.04 bits per heavy atom. The average molecular weight is 336 g/mol. The molecule has 1 N–H and O–H groups in total. The molecule has 0 saturated carbocycles. The number of carbonyl (C=O) groups excluding carboxylic acids is 2. The predicted octanol–water partition coefficient (Wildman–Crippen LogP) is 3.28. The van der Waals surface area contributed by atoms with Gasteiger partial charge in [-0.15, -0.1) is 0 Å². The van der Waals surface area contributed by atoms with E-state index in [0.717, 1.165) is 21.9 Å². The SMILES string of the molecule is CC(=O)CC1(O)C(=O)C2=C(OC[C@@H]2C)c2ccc3c(C)cccc3c21. The van der Waals surface area contributed by atoms with Crippen molar-refractivity contribution in [2.24, 2.45) is 5.92 Å². The molecule has 0 fully saturated rings. The van der Waals surface area contributed by atoms with Crippen LogP contribution in [0.3, 0.4) is 0 Å². The number of Topliss-reactive ketones (excluding diaryl/α,β-unsaturated/α-hetero) is 2. The minimum atomic E-state index is -1.84. The number of rotatable bonds is 2. The smallest absolute Gasteiger partial charge is 0.199 e. The molecule has 2 aromatic carbocycles. The summed E-state index contributed by atoms with van der Waals surface area (Å²) in [6.07, 6.45) is -0.227. The quantitative estimate of drug-likeness (QED) is 0.914. The fraction of sp³-hybridized carbons (Fsp3) is 0.333. The van der Waals surface area contributed by atoms with Crippen molar-refractivity contribution in [3.63, 3.8) is 0 Å². The summed E-state index contributed by atoms with van der Waals surface area (Å²) in [5, 5.41) is 13.2. The first kappa shape index (κ1) is 16.0. The Morgan fingerprint density at radius 3 is 2.76 bits per heavy atom. The van der Waals surface area contributed by atoms with E-state index in [-0.39, 0.29) is 18.1 Å². The van der Waals surface area contributed by atoms with Crippen LogP contribution in [0.25, 0.3) is 16.5 Å². The topological polar surface area (TPSA) is 63.6 Å². The van der Waals surface area contributed by atoms with Crippen LogP contribution in [0.15, 0.2) is 35.9 Å². The maximum atomic E-state index is 13.2. The van der Waals surface area contributed by atoms with Crippen LogP contribution in [0.5, 0.6) is 0 Å². The Kier molecular flexibility index (Phi) is 3.38. The molecule has 4 heteroatoms. The molecule has 128 valence electrons. The Balaban J connectivity index is 2.13. The van der Waals surface area contributed by atoms with E-state index in [1.54, 1.807) is 0 Å². The highest BCUT2D eigenvalue weighted by Crippen LogP contribution is 2.49. The third-order valence-electron chi connectivity index (χ3n) is 5.28. The van der Waals surface area contributed by atoms with Gasteiger partial charge < -0.3 is 9.84 Å². The van der Waals surface area contributed by atoms with Gasteiger partial charge in [0.1, 0.15) is 11.5 Å². The summed E-state index contributed by atoms with van der Waals surface area (Å²) in [5.74, 6) is -0.155. The lowest BCUT2D eigenvalue weighted by Crippen LogP contribution is -2.42. The Hall–Kier alpha value is -2.46. The summed E-state index contributed by atoms with van der Waals surface area (Å²) in [4.78, 5) is 25.1. The van der Waals surface area contributed by atoms with Gasteiger partial charge in [-0.25, -0.2) is 0 Å². The number of aliphatic hydroxyl groups is 1. The van der Waals surface area contributed by atoms with Gasteiger partial charge in [-0.05, 0) is 30.2 Å². The molecule has 1 unspecified atom stereocenters. The number of hydrogen-bond acceptors (Lipinski definition) is 4. The third kappa shape index (κ3) is 2.10. The molecule has 2 aliphatic rings. The van der Waals surface area contributed by atoms with Gasteiger partial charge in [0.15, 0.2) is 11.4 Å². The molecule has 0 radical (unpaired) electrons. The molecule has 0 saturated heterocycles. The van der Waals surface area contributed by atoms with Crippen molar-refractivity contribution in [2.45, 2.75) is 32.8 Å². The Labute approximate surface area is 146 Å². The number of benzene rings is 2. The maximum absolute atomic E-state index is 13.2. The number of aryl methyl sites for hydroxylation is 1. The lowest BCUT2D eigenvalue weighted by atomic mass is 9.71. The zero-order valence-corrected chi connectivity index (χ0v) is 14.6. The molecular formula is C21H20O4. The van der Waals surface area contributed by atoms with Crippen LogP contribution in [-0.2, 0) is 19.9 Å². The second kappa shape index (κ2) is 5.27. The first-order valence-electron chi connectivity index (χ1n) is 8.51. The van der Waals surface area contributed by atoms with E-state index < -0.39 is 11.4 Å². The van der Waals surface area contributed by atoms with E-state index in [1.165, 1.54) is 6.92 Å². The molecule has 1 heterocycles. The zero-order chi connectivity index (χ0) is 17.9. The van der Waals surface area contributed by atoms with Gasteiger partial charge in [-0.3, -0.25) is 9.59 Å². The molecule has 0 aromatic heterocycles. The molecule has 0 spiro atoms. The van der Waals surface area contributed by atoms with E-state index in [1.807, 2.05) is 44.2 Å². The molecule has 4 rings (SSSR count). The average Bonchev–Trinajstić information content (AvgIpc) is 2.93. The van der Waals surface area contributed by atoms with Crippen molar-refractivity contribution < 1.29 is 19.4 Å². The van der Waals surface area contributed by atoms with E-state index >= 15 is 0 Å². The second-order valence-corrected chi connectivity index (χ2v) is 7.18. The summed E-state index contributed by atoms with van der Waals surface area (Å²) >= 11 is 0. The monoisotopic (exact) mass is 336 g/mol. The Morgan fingerprint density at radius 1 is 1.28 bits per heavy atom. The number of ether oxygens (including phenoxy) is 1. The van der Waals surface area contributed by atoms with Crippen LogP contribution in [-0.4, -0.2) is 23.3 Å². The Bertz CT molecular complexity index is 969. The standard InChI is InChI=1S/C21H20O4/c1-11-5-4-6-15-14(11)7-8-16-18(15)21(24,9-13(3)22)20(23)17-12(2)10-25-19(16)17/h4-8,12,24H,9-10H2,1-3H3/t12-,21?/m0/s1. The van der Waals surface area contributed by atoms with Crippen LogP contribution in [0.4, 0.5) is 0 Å². The molecular weight excluding hydrogens is 316 g/mol. The summed E-state index contributed by atoms with van der Waals surface area (Å²) < 4.78 is 5.81. The molecule has 1 aliphatic heterocycles. The van der Waals surface area contributed by atoms with Gasteiger partial charge in [0.05, 0.1) is 6.61 Å². The minimum absolute atomic E-state index is 0.0951. The second-order valence-electron chi connectivity index (χ2n) is 7.18. The number of hydrogen-bond donors (Lipinski definition) is 1. The first-order valence-corrected chi connectivity index (χ1v) is 8.51. The number of carbonyl (C=O) groups is 2. The summed E-state index contributed by atoms with van der Waals surface area (Å²) in [7, 11) is 0. The normalized spacial score (nSPS) is 25.0. The van der Waals surface area contributed by atoms with Crippen molar-refractivity contribution in [3.05, 3.63) is 52.6 Å². The molecule has 1 aliphatic carbocycles. The van der Waals surface area contributed by atoms with Gasteiger partial charge in [0, 0.05) is 29.0 Å². The number of fused-ring (bicyclic) bond motifs is 4. The van der Waals surface area contributed by atoms with Crippen molar-refractivity contribution >= 4 is 28.1 Å². The molecule has 0 amide bonds. The van der Waals surface area contributed by atoms with Crippen molar-refractivity contribution in [3.8, 4) is 0 Å². The van der Waals surface area contributed by atoms with Crippen LogP contribution in [0.2, 0.25) is 0 Å². The summed E-state index contributed by atoms with van der Waals surface area (Å²) in [6, 6.07) is 9.67. The third-order valence-corrected chi connectivity index (χ3v) is 5.28. The van der Waals surface area contributed by atoms with E-state index in [9.17, 15) is 14.7 Å². The highest BCUT2D eigenvalue weighted by molar-refractivity contribution is 6.15.